The molecule has 1 aromatic heterocycles. The van der Waals surface area contributed by atoms with Gasteiger partial charge in [0.1, 0.15) is 0 Å². The molecule has 24 heavy (non-hydrogen) atoms. The summed E-state index contributed by atoms with van der Waals surface area (Å²) in [5.74, 6) is 0. The van der Waals surface area contributed by atoms with Crippen LogP contribution in [0.25, 0.3) is 11.3 Å². The Hall–Kier alpha value is -1.88. The van der Waals surface area contributed by atoms with Crippen molar-refractivity contribution < 1.29 is 4.79 Å². The molecule has 1 aromatic carbocycles. The minimum Gasteiger partial charge on any atom is -0.351 e. The molecule has 2 unspecified atom stereocenters. The average Bonchev–Trinajstić information content (AvgIpc) is 2.57. The van der Waals surface area contributed by atoms with Gasteiger partial charge in [0.05, 0.1) is 11.2 Å². The Morgan fingerprint density at radius 3 is 2.92 bits per heavy atom. The van der Waals surface area contributed by atoms with Crippen LogP contribution in [0.2, 0.25) is 0 Å². The third kappa shape index (κ3) is 2.18. The first-order valence-corrected chi connectivity index (χ1v) is 9.13. The van der Waals surface area contributed by atoms with Crippen LogP contribution in [0.4, 0.5) is 4.79 Å². The Labute approximate surface area is 150 Å². The zero-order valence-corrected chi connectivity index (χ0v) is 15.2. The highest BCUT2D eigenvalue weighted by molar-refractivity contribution is 9.10. The van der Waals surface area contributed by atoms with E-state index in [1.54, 1.807) is 0 Å². The van der Waals surface area contributed by atoms with Crippen LogP contribution in [-0.2, 0) is 5.54 Å². The number of nitrogens with two attached hydrogens (primary N) is 1. The Bertz CT molecular complexity index is 804. The van der Waals surface area contributed by atoms with Crippen LogP contribution in [0.15, 0.2) is 41.0 Å². The van der Waals surface area contributed by atoms with Gasteiger partial charge in [-0.2, -0.15) is 0 Å². The van der Waals surface area contributed by atoms with Crippen molar-refractivity contribution in [3.05, 3.63) is 52.1 Å². The number of amides is 2. The van der Waals surface area contributed by atoms with Crippen molar-refractivity contribution >= 4 is 22.0 Å². The van der Waals surface area contributed by atoms with Gasteiger partial charge in [-0.1, -0.05) is 22.0 Å². The lowest BCUT2D eigenvalue weighted by molar-refractivity contribution is -0.0766. The molecule has 2 N–H and O–H groups in total. The highest BCUT2D eigenvalue weighted by Gasteiger charge is 2.56. The van der Waals surface area contributed by atoms with Crippen molar-refractivity contribution in [2.45, 2.75) is 44.2 Å². The van der Waals surface area contributed by atoms with Gasteiger partial charge in [-0.25, -0.2) is 4.79 Å². The maximum Gasteiger partial charge on any atom is 0.315 e. The molecule has 0 radical (unpaired) electrons. The normalized spacial score (nSPS) is 25.2. The molecule has 0 spiro atoms. The molecule has 124 valence electrons. The van der Waals surface area contributed by atoms with E-state index in [0.717, 1.165) is 52.5 Å². The third-order valence-corrected chi connectivity index (χ3v) is 6.41. The van der Waals surface area contributed by atoms with Crippen molar-refractivity contribution in [3.63, 3.8) is 0 Å². The second kappa shape index (κ2) is 5.59. The van der Waals surface area contributed by atoms with E-state index in [1.807, 2.05) is 29.3 Å². The summed E-state index contributed by atoms with van der Waals surface area (Å²) in [6.45, 7) is 2.09. The number of primary amides is 1. The van der Waals surface area contributed by atoms with Gasteiger partial charge >= 0.3 is 6.03 Å². The molecule has 2 aromatic rings. The fourth-order valence-corrected chi connectivity index (χ4v) is 4.89. The second-order valence-electron chi connectivity index (χ2n) is 6.84. The molecular weight excluding hydrogens is 366 g/mol. The van der Waals surface area contributed by atoms with Crippen molar-refractivity contribution in [1.82, 2.24) is 9.88 Å². The summed E-state index contributed by atoms with van der Waals surface area (Å²) in [7, 11) is 0. The molecule has 2 atom stereocenters. The molecule has 2 saturated heterocycles. The van der Waals surface area contributed by atoms with Crippen LogP contribution in [-0.4, -0.2) is 22.0 Å². The fraction of sp³-hybridized carbons (Fsp3) is 0.368. The number of carbonyl (C=O) groups excluding carboxylic acids is 1. The lowest BCUT2D eigenvalue weighted by atomic mass is 9.64. The van der Waals surface area contributed by atoms with E-state index in [0.29, 0.717) is 6.04 Å². The van der Waals surface area contributed by atoms with Gasteiger partial charge in [0, 0.05) is 22.3 Å². The number of piperidine rings is 1. The maximum absolute atomic E-state index is 12.0. The van der Waals surface area contributed by atoms with E-state index in [2.05, 4.69) is 40.0 Å². The highest BCUT2D eigenvalue weighted by atomic mass is 79.9. The molecule has 2 bridgehead atoms. The zero-order chi connectivity index (χ0) is 16.9. The summed E-state index contributed by atoms with van der Waals surface area (Å²) < 4.78 is 1.05. The standard InChI is InChI=1S/C19H20BrN3O/c1-12-15(17-6-2-3-8-22-17)9-13(10-16(12)20)19-7-4-5-14(11-19)23(19)18(21)24/h2-3,6,8-10,14H,4-5,7,11H2,1H3,(H2,21,24). The number of nitrogens with zero attached hydrogens (tertiary/aromatic N) is 2. The third-order valence-electron chi connectivity index (χ3n) is 5.59. The number of carbonyl (C=O) groups is 1. The van der Waals surface area contributed by atoms with Crippen LogP contribution < -0.4 is 5.73 Å². The molecule has 1 aliphatic carbocycles. The molecule has 4 nitrogen and oxygen atoms in total. The van der Waals surface area contributed by atoms with Crippen molar-refractivity contribution in [1.29, 1.82) is 0 Å². The average molecular weight is 386 g/mol. The van der Waals surface area contributed by atoms with Gasteiger partial charge in [-0.15, -0.1) is 0 Å². The summed E-state index contributed by atoms with van der Waals surface area (Å²) in [6.07, 6.45) is 5.99. The summed E-state index contributed by atoms with van der Waals surface area (Å²) in [5.41, 5.74) is 9.82. The SMILES string of the molecule is Cc1c(Br)cc(C23CCCC(C2)N3C(N)=O)cc1-c1ccccn1. The lowest BCUT2D eigenvalue weighted by Crippen LogP contribution is -2.69. The molecule has 5 heteroatoms. The number of pyridine rings is 1. The van der Waals surface area contributed by atoms with Crippen LogP contribution >= 0.6 is 15.9 Å². The number of benzene rings is 1. The molecule has 3 aliphatic rings. The van der Waals surface area contributed by atoms with Gasteiger partial charge in [-0.05, 0) is 68.0 Å². The number of fused-ring (bicyclic) bond motifs is 2. The van der Waals surface area contributed by atoms with Crippen LogP contribution in [0, 0.1) is 6.92 Å². The van der Waals surface area contributed by atoms with Crippen molar-refractivity contribution in [2.75, 3.05) is 0 Å². The molecule has 5 rings (SSSR count). The maximum atomic E-state index is 12.0. The molecule has 1 saturated carbocycles. The van der Waals surface area contributed by atoms with E-state index < -0.39 is 0 Å². The van der Waals surface area contributed by atoms with Crippen LogP contribution in [0.5, 0.6) is 0 Å². The predicted molar refractivity (Wildman–Crippen MR) is 97.5 cm³/mol. The number of rotatable bonds is 2. The van der Waals surface area contributed by atoms with Gasteiger partial charge in [0.15, 0.2) is 0 Å². The first kappa shape index (κ1) is 15.6. The van der Waals surface area contributed by atoms with E-state index >= 15 is 0 Å². The molecule has 2 amide bonds. The topological polar surface area (TPSA) is 59.2 Å². The predicted octanol–water partition coefficient (Wildman–Crippen LogP) is 4.35. The summed E-state index contributed by atoms with van der Waals surface area (Å²) in [6, 6.07) is 10.3. The van der Waals surface area contributed by atoms with Crippen LogP contribution in [0.3, 0.4) is 0 Å². The summed E-state index contributed by atoms with van der Waals surface area (Å²) >= 11 is 3.70. The van der Waals surface area contributed by atoms with E-state index in [9.17, 15) is 4.79 Å². The highest BCUT2D eigenvalue weighted by Crippen LogP contribution is 2.54. The monoisotopic (exact) mass is 385 g/mol. The van der Waals surface area contributed by atoms with Crippen molar-refractivity contribution in [3.8, 4) is 11.3 Å². The minimum atomic E-state index is -0.304. The van der Waals surface area contributed by atoms with Gasteiger partial charge in [-0.3, -0.25) is 4.98 Å². The van der Waals surface area contributed by atoms with E-state index in [4.69, 9.17) is 5.73 Å². The zero-order valence-electron chi connectivity index (χ0n) is 13.6. The van der Waals surface area contributed by atoms with Gasteiger partial charge < -0.3 is 10.6 Å². The minimum absolute atomic E-state index is 0.242. The number of hydrogen-bond donors (Lipinski definition) is 1. The summed E-state index contributed by atoms with van der Waals surface area (Å²) in [4.78, 5) is 18.4. The Balaban J connectivity index is 1.85. The Kier molecular flexibility index (Phi) is 3.64. The van der Waals surface area contributed by atoms with E-state index in [1.165, 1.54) is 0 Å². The largest absolute Gasteiger partial charge is 0.351 e. The second-order valence-corrected chi connectivity index (χ2v) is 7.69. The number of hydrogen-bond acceptors (Lipinski definition) is 2. The smallest absolute Gasteiger partial charge is 0.315 e. The molecule has 3 heterocycles. The quantitative estimate of drug-likeness (QED) is 0.834. The first-order chi connectivity index (χ1) is 11.5. The fourth-order valence-electron chi connectivity index (χ4n) is 4.43. The summed E-state index contributed by atoms with van der Waals surface area (Å²) in [5, 5.41) is 0. The lowest BCUT2D eigenvalue weighted by Gasteiger charge is -2.61. The van der Waals surface area contributed by atoms with Crippen LogP contribution in [0.1, 0.15) is 36.8 Å². The van der Waals surface area contributed by atoms with Gasteiger partial charge in [0.2, 0.25) is 0 Å². The molecule has 2 aliphatic heterocycles. The van der Waals surface area contributed by atoms with Crippen molar-refractivity contribution in [2.24, 2.45) is 5.73 Å². The Morgan fingerprint density at radius 2 is 2.25 bits per heavy atom. The molecular formula is C19H20BrN3O. The Morgan fingerprint density at radius 1 is 1.42 bits per heavy atom. The van der Waals surface area contributed by atoms with Gasteiger partial charge in [0.25, 0.3) is 0 Å². The van der Waals surface area contributed by atoms with E-state index in [-0.39, 0.29) is 11.6 Å². The molecule has 3 fully saturated rings. The number of aromatic nitrogens is 1. The first-order valence-electron chi connectivity index (χ1n) is 8.34. The number of halogens is 1. The number of urea groups is 1.